The van der Waals surface area contributed by atoms with E-state index in [2.05, 4.69) is 90.8 Å². The van der Waals surface area contributed by atoms with Gasteiger partial charge in [0.15, 0.2) is 0 Å². The molecule has 1 radical (unpaired) electrons. The summed E-state index contributed by atoms with van der Waals surface area (Å²) in [6.45, 7) is 13.5. The summed E-state index contributed by atoms with van der Waals surface area (Å²) in [5.74, 6) is 0. The zero-order valence-electron chi connectivity index (χ0n) is 14.6. The first-order valence-electron chi connectivity index (χ1n) is 7.39. The van der Waals surface area contributed by atoms with Gasteiger partial charge in [-0.3, -0.25) is 0 Å². The van der Waals surface area contributed by atoms with Crippen LogP contribution in [0.15, 0.2) is 42.0 Å². The SMILES string of the molecule is CC(C)(C)C1=CC=C(c2ccc(C(C)(C)C)cc2)[CH][CH-]1.[K+]. The zero-order valence-corrected chi connectivity index (χ0v) is 17.7. The predicted octanol–water partition coefficient (Wildman–Crippen LogP) is 2.77. The molecule has 1 aliphatic carbocycles. The van der Waals surface area contributed by atoms with Crippen LogP contribution in [0.1, 0.15) is 52.7 Å². The Labute approximate surface area is 173 Å². The first-order chi connectivity index (χ1) is 9.18. The van der Waals surface area contributed by atoms with Gasteiger partial charge in [-0.1, -0.05) is 77.8 Å². The number of hydrogen-bond acceptors (Lipinski definition) is 0. The molecule has 0 heterocycles. The van der Waals surface area contributed by atoms with Crippen molar-refractivity contribution in [3.8, 4) is 0 Å². The van der Waals surface area contributed by atoms with E-state index >= 15 is 0 Å². The smallest absolute Gasteiger partial charge is 0.220 e. The van der Waals surface area contributed by atoms with Gasteiger partial charge in [0.25, 0.3) is 0 Å². The van der Waals surface area contributed by atoms with E-state index in [0.29, 0.717) is 0 Å². The Morgan fingerprint density at radius 2 is 1.33 bits per heavy atom. The second-order valence-electron chi connectivity index (χ2n) is 7.65. The average Bonchev–Trinajstić information content (AvgIpc) is 2.37. The Hall–Kier alpha value is 0.206. The van der Waals surface area contributed by atoms with Crippen molar-refractivity contribution in [3.63, 3.8) is 0 Å². The number of allylic oxidation sites excluding steroid dienone is 4. The fourth-order valence-electron chi connectivity index (χ4n) is 2.33. The van der Waals surface area contributed by atoms with Gasteiger partial charge in [0.1, 0.15) is 0 Å². The summed E-state index contributed by atoms with van der Waals surface area (Å²) in [4.78, 5) is 0. The van der Waals surface area contributed by atoms with Crippen LogP contribution >= 0.6 is 0 Å². The van der Waals surface area contributed by atoms with Crippen molar-refractivity contribution < 1.29 is 51.4 Å². The van der Waals surface area contributed by atoms with E-state index in [4.69, 9.17) is 0 Å². The number of hydrogen-bond donors (Lipinski definition) is 0. The molecule has 1 aliphatic rings. The van der Waals surface area contributed by atoms with Gasteiger partial charge in [-0.25, -0.2) is 18.1 Å². The van der Waals surface area contributed by atoms with Crippen molar-refractivity contribution in [2.75, 3.05) is 0 Å². The Bertz CT molecular complexity index is 531. The molecule has 0 atom stereocenters. The summed E-state index contributed by atoms with van der Waals surface area (Å²) in [6, 6.07) is 8.94. The molecule has 1 aromatic carbocycles. The summed E-state index contributed by atoms with van der Waals surface area (Å²) in [5, 5.41) is 0. The molecule has 0 fully saturated rings. The number of rotatable bonds is 1. The quantitative estimate of drug-likeness (QED) is 0.553. The third kappa shape index (κ3) is 5.11. The van der Waals surface area contributed by atoms with E-state index in [1.54, 1.807) is 0 Å². The van der Waals surface area contributed by atoms with Crippen molar-refractivity contribution in [2.45, 2.75) is 47.0 Å². The third-order valence-corrected chi connectivity index (χ3v) is 3.84. The van der Waals surface area contributed by atoms with Gasteiger partial charge < -0.3 is 0 Å². The van der Waals surface area contributed by atoms with Crippen molar-refractivity contribution in [1.29, 1.82) is 0 Å². The van der Waals surface area contributed by atoms with Crippen molar-refractivity contribution in [1.82, 2.24) is 0 Å². The first kappa shape index (κ1) is 19.3. The van der Waals surface area contributed by atoms with Crippen LogP contribution in [0.3, 0.4) is 0 Å². The Morgan fingerprint density at radius 1 is 0.762 bits per heavy atom. The molecule has 0 bridgehead atoms. The maximum absolute atomic E-state index is 2.25. The van der Waals surface area contributed by atoms with Crippen LogP contribution in [0.5, 0.6) is 0 Å². The molecular weight excluding hydrogens is 279 g/mol. The zero-order chi connectivity index (χ0) is 15.0. The fraction of sp³-hybridized carbons (Fsp3) is 0.400. The summed E-state index contributed by atoms with van der Waals surface area (Å²) in [5.41, 5.74) is 5.78. The van der Waals surface area contributed by atoms with Crippen LogP contribution in [-0.4, -0.2) is 0 Å². The standard InChI is InChI=1S/C20H26.K/c1-19(2,3)17-11-7-15(8-12-17)16-9-13-18(14-10-16)20(4,5)6;/h7-14H,1-6H3;/q-1;+1. The minimum absolute atomic E-state index is 0. The molecule has 0 unspecified atom stereocenters. The van der Waals surface area contributed by atoms with Gasteiger partial charge in [-0.05, 0) is 22.0 Å². The van der Waals surface area contributed by atoms with Crippen LogP contribution in [0.4, 0.5) is 0 Å². The molecule has 0 aromatic heterocycles. The van der Waals surface area contributed by atoms with E-state index in [1.807, 2.05) is 0 Å². The summed E-state index contributed by atoms with van der Waals surface area (Å²) < 4.78 is 0. The molecular formula is C20H26K. The monoisotopic (exact) mass is 305 g/mol. The molecule has 0 amide bonds. The van der Waals surface area contributed by atoms with Crippen LogP contribution in [0, 0.1) is 18.3 Å². The van der Waals surface area contributed by atoms with Crippen molar-refractivity contribution >= 4 is 5.57 Å². The Balaban J connectivity index is 0.00000220. The molecule has 21 heavy (non-hydrogen) atoms. The topological polar surface area (TPSA) is 0 Å². The minimum atomic E-state index is 0. The maximum atomic E-state index is 2.25. The first-order valence-corrected chi connectivity index (χ1v) is 7.39. The second kappa shape index (κ2) is 7.19. The van der Waals surface area contributed by atoms with E-state index in [0.717, 1.165) is 0 Å². The van der Waals surface area contributed by atoms with Crippen molar-refractivity contribution in [2.24, 2.45) is 5.41 Å². The van der Waals surface area contributed by atoms with Gasteiger partial charge >= 0.3 is 51.4 Å². The van der Waals surface area contributed by atoms with Crippen LogP contribution in [0.2, 0.25) is 0 Å². The summed E-state index contributed by atoms with van der Waals surface area (Å²) >= 11 is 0. The van der Waals surface area contributed by atoms with Gasteiger partial charge in [-0.15, -0.1) is 6.08 Å². The molecule has 2 rings (SSSR count). The van der Waals surface area contributed by atoms with E-state index in [9.17, 15) is 0 Å². The molecule has 0 saturated heterocycles. The van der Waals surface area contributed by atoms with Gasteiger partial charge in [0.05, 0.1) is 0 Å². The molecule has 107 valence electrons. The molecule has 0 aliphatic heterocycles. The van der Waals surface area contributed by atoms with Crippen LogP contribution in [-0.2, 0) is 5.41 Å². The predicted molar refractivity (Wildman–Crippen MR) is 89.3 cm³/mol. The normalized spacial score (nSPS) is 15.5. The van der Waals surface area contributed by atoms with Gasteiger partial charge in [0.2, 0.25) is 0 Å². The molecule has 1 heteroatoms. The second-order valence-corrected chi connectivity index (χ2v) is 7.65. The van der Waals surface area contributed by atoms with Crippen molar-refractivity contribution in [3.05, 3.63) is 66.0 Å². The molecule has 0 spiro atoms. The molecule has 1 aromatic rings. The van der Waals surface area contributed by atoms with E-state index in [-0.39, 0.29) is 62.2 Å². The summed E-state index contributed by atoms with van der Waals surface area (Å²) in [7, 11) is 0. The maximum Gasteiger partial charge on any atom is 1.00 e. The van der Waals surface area contributed by atoms with Crippen LogP contribution < -0.4 is 51.4 Å². The van der Waals surface area contributed by atoms with E-state index in [1.165, 1.54) is 22.3 Å². The number of benzene rings is 1. The Kier molecular flexibility index (Phi) is 6.59. The van der Waals surface area contributed by atoms with Crippen LogP contribution in [0.25, 0.3) is 5.57 Å². The molecule has 0 nitrogen and oxygen atoms in total. The summed E-state index contributed by atoms with van der Waals surface area (Å²) in [6.07, 6.45) is 8.94. The van der Waals surface area contributed by atoms with E-state index < -0.39 is 0 Å². The molecule has 0 N–H and O–H groups in total. The fourth-order valence-corrected chi connectivity index (χ4v) is 2.33. The third-order valence-electron chi connectivity index (χ3n) is 3.84. The average molecular weight is 306 g/mol. The van der Waals surface area contributed by atoms with Gasteiger partial charge in [0, 0.05) is 0 Å². The molecule has 0 saturated carbocycles. The van der Waals surface area contributed by atoms with Gasteiger partial charge in [-0.2, -0.15) is 0 Å². The minimum Gasteiger partial charge on any atom is -0.220 e. The Morgan fingerprint density at radius 3 is 1.71 bits per heavy atom. The largest absolute Gasteiger partial charge is 1.00 e.